The minimum atomic E-state index is -3.61. The lowest BCUT2D eigenvalue weighted by Gasteiger charge is -2.31. The predicted octanol–water partition coefficient (Wildman–Crippen LogP) is 2.43. The van der Waals surface area contributed by atoms with Crippen LogP contribution in [0.1, 0.15) is 34.8 Å². The van der Waals surface area contributed by atoms with Gasteiger partial charge in [-0.1, -0.05) is 29.0 Å². The summed E-state index contributed by atoms with van der Waals surface area (Å²) in [6.07, 6.45) is 1.33. The molecule has 2 aromatic heterocycles. The van der Waals surface area contributed by atoms with Gasteiger partial charge in [0.05, 0.1) is 28.7 Å². The van der Waals surface area contributed by atoms with Gasteiger partial charge in [-0.2, -0.15) is 9.40 Å². The number of carbonyl (C=O) groups excluding carboxylic acids is 1. The summed E-state index contributed by atoms with van der Waals surface area (Å²) in [6, 6.07) is 6.82. The molecule has 0 saturated carbocycles. The first-order valence-electron chi connectivity index (χ1n) is 9.92. The van der Waals surface area contributed by atoms with Gasteiger partial charge in [0.2, 0.25) is 20.9 Å². The second-order valence-corrected chi connectivity index (χ2v) is 10.8. The SMILES string of the molecule is Cc1ccc(S(=O)(=O)N2CCCC(C(=O)NCc3c(C)nc4sc(C)nn34)C2)cc1. The molecule has 0 aliphatic carbocycles. The minimum Gasteiger partial charge on any atom is -0.350 e. The van der Waals surface area contributed by atoms with Gasteiger partial charge >= 0.3 is 0 Å². The summed E-state index contributed by atoms with van der Waals surface area (Å²) >= 11 is 1.51. The normalized spacial score (nSPS) is 18.0. The van der Waals surface area contributed by atoms with E-state index in [0.29, 0.717) is 25.9 Å². The lowest BCUT2D eigenvalue weighted by Crippen LogP contribution is -2.45. The Balaban J connectivity index is 1.44. The fourth-order valence-electron chi connectivity index (χ4n) is 3.74. The highest BCUT2D eigenvalue weighted by molar-refractivity contribution is 7.89. The summed E-state index contributed by atoms with van der Waals surface area (Å²) in [4.78, 5) is 18.4. The molecule has 10 heteroatoms. The van der Waals surface area contributed by atoms with Gasteiger partial charge in [0.15, 0.2) is 0 Å². The molecule has 1 fully saturated rings. The summed E-state index contributed by atoms with van der Waals surface area (Å²) < 4.78 is 29.2. The number of aromatic nitrogens is 3. The van der Waals surface area contributed by atoms with Crippen molar-refractivity contribution in [1.82, 2.24) is 24.2 Å². The van der Waals surface area contributed by atoms with Crippen LogP contribution in [-0.2, 0) is 21.4 Å². The third-order valence-electron chi connectivity index (χ3n) is 5.44. The number of fused-ring (bicyclic) bond motifs is 1. The molecular formula is C20H25N5O3S2. The highest BCUT2D eigenvalue weighted by atomic mass is 32.2. The zero-order chi connectivity index (χ0) is 21.5. The Kier molecular flexibility index (Phi) is 5.65. The largest absolute Gasteiger partial charge is 0.350 e. The molecule has 1 aliphatic rings. The van der Waals surface area contributed by atoms with E-state index in [1.54, 1.807) is 28.8 Å². The first-order chi connectivity index (χ1) is 14.3. The first kappa shape index (κ1) is 21.0. The Labute approximate surface area is 180 Å². The Hall–Kier alpha value is -2.30. The van der Waals surface area contributed by atoms with Gasteiger partial charge in [0.1, 0.15) is 5.01 Å². The van der Waals surface area contributed by atoms with E-state index in [4.69, 9.17) is 0 Å². The Morgan fingerprint density at radius 3 is 2.70 bits per heavy atom. The topological polar surface area (TPSA) is 96.7 Å². The van der Waals surface area contributed by atoms with Crippen molar-refractivity contribution in [1.29, 1.82) is 0 Å². The molecule has 3 aromatic rings. The van der Waals surface area contributed by atoms with Gasteiger partial charge in [0.25, 0.3) is 0 Å². The third kappa shape index (κ3) is 3.99. The maximum atomic E-state index is 13.0. The van der Waals surface area contributed by atoms with Crippen LogP contribution in [0.2, 0.25) is 0 Å². The number of carbonyl (C=O) groups is 1. The molecule has 160 valence electrons. The second kappa shape index (κ2) is 8.09. The van der Waals surface area contributed by atoms with Crippen LogP contribution in [0.3, 0.4) is 0 Å². The minimum absolute atomic E-state index is 0.139. The summed E-state index contributed by atoms with van der Waals surface area (Å²) in [5, 5.41) is 8.31. The number of nitrogens with one attached hydrogen (secondary N) is 1. The monoisotopic (exact) mass is 447 g/mol. The van der Waals surface area contributed by atoms with E-state index in [9.17, 15) is 13.2 Å². The Morgan fingerprint density at radius 2 is 1.97 bits per heavy atom. The van der Waals surface area contributed by atoms with Gasteiger partial charge in [0, 0.05) is 13.1 Å². The summed E-state index contributed by atoms with van der Waals surface area (Å²) in [7, 11) is -3.61. The van der Waals surface area contributed by atoms with Gasteiger partial charge in [-0.25, -0.2) is 17.9 Å². The zero-order valence-corrected chi connectivity index (χ0v) is 18.9. The van der Waals surface area contributed by atoms with E-state index in [1.165, 1.54) is 15.6 Å². The van der Waals surface area contributed by atoms with Crippen LogP contribution >= 0.6 is 11.3 Å². The number of rotatable bonds is 5. The average molecular weight is 448 g/mol. The molecule has 1 saturated heterocycles. The smallest absolute Gasteiger partial charge is 0.243 e. The third-order valence-corrected chi connectivity index (χ3v) is 8.14. The van der Waals surface area contributed by atoms with Crippen molar-refractivity contribution in [2.75, 3.05) is 13.1 Å². The predicted molar refractivity (Wildman–Crippen MR) is 115 cm³/mol. The lowest BCUT2D eigenvalue weighted by molar-refractivity contribution is -0.126. The number of amides is 1. The fourth-order valence-corrected chi connectivity index (χ4v) is 6.07. The van der Waals surface area contributed by atoms with Gasteiger partial charge in [-0.05, 0) is 45.7 Å². The van der Waals surface area contributed by atoms with E-state index in [2.05, 4.69) is 15.4 Å². The molecule has 1 unspecified atom stereocenters. The molecule has 1 atom stereocenters. The van der Waals surface area contributed by atoms with Crippen molar-refractivity contribution >= 4 is 32.2 Å². The van der Waals surface area contributed by atoms with Crippen LogP contribution in [0.15, 0.2) is 29.2 Å². The number of nitrogens with zero attached hydrogens (tertiary/aromatic N) is 4. The molecule has 0 spiro atoms. The maximum absolute atomic E-state index is 13.0. The summed E-state index contributed by atoms with van der Waals surface area (Å²) in [6.45, 7) is 6.67. The maximum Gasteiger partial charge on any atom is 0.243 e. The molecule has 1 amide bonds. The molecular weight excluding hydrogens is 422 g/mol. The van der Waals surface area contributed by atoms with Crippen molar-refractivity contribution in [2.45, 2.75) is 45.1 Å². The molecule has 3 heterocycles. The lowest BCUT2D eigenvalue weighted by atomic mass is 9.99. The average Bonchev–Trinajstić information content (AvgIpc) is 3.21. The highest BCUT2D eigenvalue weighted by Gasteiger charge is 2.33. The van der Waals surface area contributed by atoms with Crippen LogP contribution in [0.4, 0.5) is 0 Å². The van der Waals surface area contributed by atoms with E-state index >= 15 is 0 Å². The van der Waals surface area contributed by atoms with Crippen LogP contribution < -0.4 is 5.32 Å². The van der Waals surface area contributed by atoms with E-state index in [0.717, 1.165) is 26.9 Å². The van der Waals surface area contributed by atoms with Crippen LogP contribution in [-0.4, -0.2) is 46.3 Å². The van der Waals surface area contributed by atoms with Gasteiger partial charge < -0.3 is 5.32 Å². The number of hydrogen-bond acceptors (Lipinski definition) is 6. The number of hydrogen-bond donors (Lipinski definition) is 1. The van der Waals surface area contributed by atoms with Crippen LogP contribution in [0, 0.1) is 26.7 Å². The van der Waals surface area contributed by atoms with Crippen molar-refractivity contribution in [2.24, 2.45) is 5.92 Å². The zero-order valence-electron chi connectivity index (χ0n) is 17.3. The summed E-state index contributed by atoms with van der Waals surface area (Å²) in [5.74, 6) is -0.514. The molecule has 1 aromatic carbocycles. The molecule has 0 radical (unpaired) electrons. The first-order valence-corrected chi connectivity index (χ1v) is 12.2. The Morgan fingerprint density at radius 1 is 1.23 bits per heavy atom. The molecule has 4 rings (SSSR count). The van der Waals surface area contributed by atoms with Crippen molar-refractivity contribution in [3.63, 3.8) is 0 Å². The number of benzene rings is 1. The van der Waals surface area contributed by atoms with Crippen molar-refractivity contribution in [3.8, 4) is 0 Å². The molecule has 8 nitrogen and oxygen atoms in total. The number of sulfonamides is 1. The standard InChI is InChI=1S/C20H25N5O3S2/c1-13-6-8-17(9-7-13)30(27,28)24-10-4-5-16(12-24)19(26)21-11-18-14(2)22-20-25(18)23-15(3)29-20/h6-9,16H,4-5,10-12H2,1-3H3,(H,21,26). The van der Waals surface area contributed by atoms with Crippen LogP contribution in [0.25, 0.3) is 4.96 Å². The van der Waals surface area contributed by atoms with E-state index in [-0.39, 0.29) is 23.3 Å². The molecule has 1 N–H and O–H groups in total. The molecule has 30 heavy (non-hydrogen) atoms. The Bertz CT molecular complexity index is 1180. The van der Waals surface area contributed by atoms with Crippen molar-refractivity contribution < 1.29 is 13.2 Å². The van der Waals surface area contributed by atoms with Crippen LogP contribution in [0.5, 0.6) is 0 Å². The highest BCUT2D eigenvalue weighted by Crippen LogP contribution is 2.24. The number of piperidine rings is 1. The molecule has 0 bridgehead atoms. The summed E-state index contributed by atoms with van der Waals surface area (Å²) in [5.41, 5.74) is 2.69. The number of aryl methyl sites for hydroxylation is 3. The number of imidazole rings is 1. The van der Waals surface area contributed by atoms with Gasteiger partial charge in [-0.3, -0.25) is 4.79 Å². The van der Waals surface area contributed by atoms with Crippen molar-refractivity contribution in [3.05, 3.63) is 46.2 Å². The van der Waals surface area contributed by atoms with E-state index < -0.39 is 10.0 Å². The fraction of sp³-hybridized carbons (Fsp3) is 0.450. The van der Waals surface area contributed by atoms with Gasteiger partial charge in [-0.15, -0.1) is 0 Å². The van der Waals surface area contributed by atoms with E-state index in [1.807, 2.05) is 20.8 Å². The second-order valence-electron chi connectivity index (χ2n) is 7.69. The quantitative estimate of drug-likeness (QED) is 0.648. The molecule has 1 aliphatic heterocycles.